The number of hydrogen-bond acceptors (Lipinski definition) is 4. The molecule has 0 spiro atoms. The van der Waals surface area contributed by atoms with E-state index in [1.165, 1.54) is 29.1 Å². The number of benzene rings is 1. The molecule has 0 amide bonds. The summed E-state index contributed by atoms with van der Waals surface area (Å²) in [5.74, 6) is 0. The molecule has 0 fully saturated rings. The molecule has 3 heterocycles. The van der Waals surface area contributed by atoms with Crippen LogP contribution in [0.4, 0.5) is 0 Å². The smallest absolute Gasteiger partial charge is 0.292 e. The Morgan fingerprint density at radius 1 is 1.33 bits per heavy atom. The summed E-state index contributed by atoms with van der Waals surface area (Å²) in [6.07, 6.45) is 6.38. The molecule has 0 saturated heterocycles. The summed E-state index contributed by atoms with van der Waals surface area (Å²) < 4.78 is 6.27. The summed E-state index contributed by atoms with van der Waals surface area (Å²) in [5.41, 5.74) is 4.87. The fourth-order valence-electron chi connectivity index (χ4n) is 3.11. The van der Waals surface area contributed by atoms with Crippen molar-refractivity contribution < 1.29 is 9.53 Å². The SMILES string of the molecule is COC=O.Cc1ccc2c3ncccc3n(C3C=CCNC3)c2c1. The van der Waals surface area contributed by atoms with Gasteiger partial charge in [0.1, 0.15) is 0 Å². The number of aryl methyl sites for hydroxylation is 1. The number of methoxy groups -OCH3 is 1. The van der Waals surface area contributed by atoms with E-state index in [0.717, 1.165) is 18.6 Å². The van der Waals surface area contributed by atoms with Gasteiger partial charge in [-0.3, -0.25) is 9.78 Å². The lowest BCUT2D eigenvalue weighted by atomic mass is 10.1. The third-order valence-electron chi connectivity index (χ3n) is 4.12. The van der Waals surface area contributed by atoms with E-state index in [2.05, 4.69) is 62.9 Å². The molecule has 24 heavy (non-hydrogen) atoms. The number of carbonyl (C=O) groups is 1. The number of fused-ring (bicyclic) bond motifs is 3. The van der Waals surface area contributed by atoms with Crippen molar-refractivity contribution in [2.45, 2.75) is 13.0 Å². The van der Waals surface area contributed by atoms with E-state index in [0.29, 0.717) is 12.5 Å². The Morgan fingerprint density at radius 3 is 2.88 bits per heavy atom. The molecule has 1 unspecified atom stereocenters. The second-order valence-corrected chi connectivity index (χ2v) is 5.75. The molecule has 4 rings (SSSR count). The Bertz CT molecular complexity index is 883. The predicted molar refractivity (Wildman–Crippen MR) is 96.1 cm³/mol. The van der Waals surface area contributed by atoms with Crippen LogP contribution in [-0.2, 0) is 9.53 Å². The Hall–Kier alpha value is -2.66. The zero-order valence-corrected chi connectivity index (χ0v) is 13.9. The van der Waals surface area contributed by atoms with Gasteiger partial charge < -0.3 is 14.6 Å². The van der Waals surface area contributed by atoms with Crippen LogP contribution >= 0.6 is 0 Å². The lowest BCUT2D eigenvalue weighted by Crippen LogP contribution is -2.27. The maximum atomic E-state index is 8.95. The van der Waals surface area contributed by atoms with Gasteiger partial charge in [0, 0.05) is 24.7 Å². The number of pyridine rings is 1. The molecule has 3 aromatic rings. The molecule has 0 saturated carbocycles. The van der Waals surface area contributed by atoms with Crippen molar-refractivity contribution in [2.75, 3.05) is 20.2 Å². The zero-order chi connectivity index (χ0) is 16.9. The van der Waals surface area contributed by atoms with Gasteiger partial charge >= 0.3 is 0 Å². The van der Waals surface area contributed by atoms with Gasteiger partial charge in [0.15, 0.2) is 0 Å². The molecule has 1 aliphatic heterocycles. The first kappa shape index (κ1) is 16.2. The largest absolute Gasteiger partial charge is 0.471 e. The molecular weight excluding hydrogens is 302 g/mol. The molecule has 0 radical (unpaired) electrons. The van der Waals surface area contributed by atoms with Crippen LogP contribution < -0.4 is 5.32 Å². The number of aromatic nitrogens is 2. The fraction of sp³-hybridized carbons (Fsp3) is 0.263. The molecular formula is C19H21N3O2. The van der Waals surface area contributed by atoms with E-state index < -0.39 is 0 Å². The van der Waals surface area contributed by atoms with E-state index in [-0.39, 0.29) is 0 Å². The monoisotopic (exact) mass is 323 g/mol. The van der Waals surface area contributed by atoms with Crippen LogP contribution in [0.1, 0.15) is 11.6 Å². The lowest BCUT2D eigenvalue weighted by molar-refractivity contribution is -0.126. The quantitative estimate of drug-likeness (QED) is 0.582. The van der Waals surface area contributed by atoms with Crippen LogP contribution in [0, 0.1) is 6.92 Å². The minimum absolute atomic E-state index is 0.356. The van der Waals surface area contributed by atoms with Crippen molar-refractivity contribution >= 4 is 28.4 Å². The average Bonchev–Trinajstić information content (AvgIpc) is 2.96. The Morgan fingerprint density at radius 2 is 2.17 bits per heavy atom. The van der Waals surface area contributed by atoms with E-state index >= 15 is 0 Å². The Balaban J connectivity index is 0.000000383. The first-order valence-electron chi connectivity index (χ1n) is 7.95. The minimum Gasteiger partial charge on any atom is -0.471 e. The van der Waals surface area contributed by atoms with E-state index in [4.69, 9.17) is 4.79 Å². The summed E-state index contributed by atoms with van der Waals surface area (Å²) in [4.78, 5) is 13.5. The van der Waals surface area contributed by atoms with Gasteiger partial charge in [0.05, 0.1) is 29.7 Å². The van der Waals surface area contributed by atoms with Crippen molar-refractivity contribution in [1.29, 1.82) is 0 Å². The molecule has 1 N–H and O–H groups in total. The third-order valence-corrected chi connectivity index (χ3v) is 4.12. The second kappa shape index (κ2) is 7.27. The molecule has 1 aromatic carbocycles. The molecule has 0 bridgehead atoms. The lowest BCUT2D eigenvalue weighted by Gasteiger charge is -2.21. The van der Waals surface area contributed by atoms with E-state index in [1.54, 1.807) is 0 Å². The Labute approximate surface area is 140 Å². The minimum atomic E-state index is 0.356. The highest BCUT2D eigenvalue weighted by atomic mass is 16.5. The van der Waals surface area contributed by atoms with Crippen molar-refractivity contribution in [3.8, 4) is 0 Å². The highest BCUT2D eigenvalue weighted by molar-refractivity contribution is 6.06. The van der Waals surface area contributed by atoms with Crippen molar-refractivity contribution in [1.82, 2.24) is 14.9 Å². The maximum Gasteiger partial charge on any atom is 0.292 e. The number of hydrogen-bond donors (Lipinski definition) is 1. The van der Waals surface area contributed by atoms with E-state index in [9.17, 15) is 0 Å². The summed E-state index contributed by atoms with van der Waals surface area (Å²) in [7, 11) is 1.31. The van der Waals surface area contributed by atoms with Crippen LogP contribution in [0.2, 0.25) is 0 Å². The van der Waals surface area contributed by atoms with Crippen molar-refractivity contribution in [2.24, 2.45) is 0 Å². The highest BCUT2D eigenvalue weighted by Crippen LogP contribution is 2.31. The summed E-state index contributed by atoms with van der Waals surface area (Å²) in [6.45, 7) is 4.45. The normalized spacial score (nSPS) is 16.7. The number of rotatable bonds is 2. The van der Waals surface area contributed by atoms with Crippen LogP contribution in [0.3, 0.4) is 0 Å². The zero-order valence-electron chi connectivity index (χ0n) is 13.9. The molecule has 5 heteroatoms. The number of ether oxygens (including phenoxy) is 1. The van der Waals surface area contributed by atoms with Gasteiger partial charge in [0.2, 0.25) is 0 Å². The van der Waals surface area contributed by atoms with Gasteiger partial charge in [-0.1, -0.05) is 24.3 Å². The number of carbonyl (C=O) groups excluding carboxylic acids is 1. The number of nitrogens with one attached hydrogen (secondary N) is 1. The number of nitrogens with zero attached hydrogens (tertiary/aromatic N) is 2. The molecule has 1 aliphatic rings. The third kappa shape index (κ3) is 3.03. The highest BCUT2D eigenvalue weighted by Gasteiger charge is 2.18. The maximum absolute atomic E-state index is 8.95. The Kier molecular flexibility index (Phi) is 4.91. The van der Waals surface area contributed by atoms with Crippen LogP contribution in [-0.4, -0.2) is 36.2 Å². The van der Waals surface area contributed by atoms with Gasteiger partial charge in [-0.05, 0) is 30.7 Å². The fourth-order valence-corrected chi connectivity index (χ4v) is 3.11. The average molecular weight is 323 g/mol. The predicted octanol–water partition coefficient (Wildman–Crippen LogP) is 2.99. The van der Waals surface area contributed by atoms with Gasteiger partial charge in [0.25, 0.3) is 6.47 Å². The van der Waals surface area contributed by atoms with Crippen LogP contribution in [0.15, 0.2) is 48.7 Å². The first-order chi connectivity index (χ1) is 11.8. The first-order valence-corrected chi connectivity index (χ1v) is 7.95. The molecule has 2 aromatic heterocycles. The molecule has 5 nitrogen and oxygen atoms in total. The second-order valence-electron chi connectivity index (χ2n) is 5.75. The summed E-state index contributed by atoms with van der Waals surface area (Å²) in [6, 6.07) is 11.2. The van der Waals surface area contributed by atoms with Crippen LogP contribution in [0.25, 0.3) is 21.9 Å². The molecule has 0 aliphatic carbocycles. The van der Waals surface area contributed by atoms with Gasteiger partial charge in [-0.2, -0.15) is 0 Å². The topological polar surface area (TPSA) is 56.1 Å². The van der Waals surface area contributed by atoms with Gasteiger partial charge in [-0.15, -0.1) is 0 Å². The van der Waals surface area contributed by atoms with Crippen molar-refractivity contribution in [3.05, 3.63) is 54.2 Å². The molecule has 124 valence electrons. The standard InChI is InChI=1S/C17H17N3.C2H4O2/c1-12-6-7-14-16(10-12)20(13-4-2-8-18-11-13)15-5-3-9-19-17(14)15;1-4-2-3/h2-7,9-10,13,18H,8,11H2,1H3;2H,1H3. The van der Waals surface area contributed by atoms with Crippen LogP contribution in [0.5, 0.6) is 0 Å². The van der Waals surface area contributed by atoms with E-state index in [1.807, 2.05) is 12.3 Å². The van der Waals surface area contributed by atoms with Gasteiger partial charge in [-0.25, -0.2) is 0 Å². The summed E-state index contributed by atoms with van der Waals surface area (Å²) in [5, 5.41) is 4.68. The molecule has 1 atom stereocenters. The summed E-state index contributed by atoms with van der Waals surface area (Å²) >= 11 is 0. The van der Waals surface area contributed by atoms with Crippen molar-refractivity contribution in [3.63, 3.8) is 0 Å².